The fourth-order valence-corrected chi connectivity index (χ4v) is 4.66. The second-order valence-electron chi connectivity index (χ2n) is 6.89. The molecule has 1 amide bonds. The third kappa shape index (κ3) is 5.73. The Morgan fingerprint density at radius 2 is 1.86 bits per heavy atom. The number of carbonyl (C=O) groups is 1. The van der Waals surface area contributed by atoms with Crippen LogP contribution in [0.25, 0.3) is 0 Å². The van der Waals surface area contributed by atoms with Crippen molar-refractivity contribution in [3.05, 3.63) is 59.2 Å². The first-order chi connectivity index (χ1) is 13.3. The molecule has 8 heteroatoms. The van der Waals surface area contributed by atoms with Crippen LogP contribution in [0.2, 0.25) is 0 Å². The summed E-state index contributed by atoms with van der Waals surface area (Å²) in [5.41, 5.74) is 3.79. The summed E-state index contributed by atoms with van der Waals surface area (Å²) in [5.74, 6) is 2.05. The number of nitrogens with zero attached hydrogens (tertiary/aromatic N) is 1. The predicted molar refractivity (Wildman–Crippen MR) is 117 cm³/mol. The molecule has 0 saturated carbocycles. The summed E-state index contributed by atoms with van der Waals surface area (Å²) in [7, 11) is -3.39. The highest BCUT2D eigenvalue weighted by Crippen LogP contribution is 2.23. The van der Waals surface area contributed by atoms with Gasteiger partial charge < -0.3 is 5.32 Å². The third-order valence-corrected chi connectivity index (χ3v) is 6.17. The lowest BCUT2D eigenvalue weighted by Crippen LogP contribution is -2.32. The molecule has 0 aromatic heterocycles. The largest absolute Gasteiger partial charge is 0.322 e. The Hall–Kier alpha value is -2.03. The SMILES string of the molecule is Cc1c(CN2CCSCC2)cccc1NC(=O)c1cccc(NS(C)(=O)=O)c1. The summed E-state index contributed by atoms with van der Waals surface area (Å²) >= 11 is 1.99. The molecule has 28 heavy (non-hydrogen) atoms. The second-order valence-corrected chi connectivity index (χ2v) is 9.86. The van der Waals surface area contributed by atoms with Crippen molar-refractivity contribution in [3.63, 3.8) is 0 Å². The van der Waals surface area contributed by atoms with Gasteiger partial charge in [0.2, 0.25) is 10.0 Å². The van der Waals surface area contributed by atoms with Gasteiger partial charge in [-0.1, -0.05) is 18.2 Å². The quantitative estimate of drug-likeness (QED) is 0.752. The summed E-state index contributed by atoms with van der Waals surface area (Å²) in [6, 6.07) is 12.4. The average Bonchev–Trinajstić information content (AvgIpc) is 2.64. The summed E-state index contributed by atoms with van der Waals surface area (Å²) < 4.78 is 25.2. The number of anilines is 2. The van der Waals surface area contributed by atoms with E-state index in [0.717, 1.165) is 48.6 Å². The van der Waals surface area contributed by atoms with Crippen molar-refractivity contribution in [2.45, 2.75) is 13.5 Å². The van der Waals surface area contributed by atoms with Crippen LogP contribution in [-0.2, 0) is 16.6 Å². The van der Waals surface area contributed by atoms with Crippen molar-refractivity contribution in [2.75, 3.05) is 40.9 Å². The maximum absolute atomic E-state index is 12.7. The molecule has 6 nitrogen and oxygen atoms in total. The lowest BCUT2D eigenvalue weighted by molar-refractivity contribution is 0.102. The Morgan fingerprint density at radius 1 is 1.14 bits per heavy atom. The van der Waals surface area contributed by atoms with E-state index in [0.29, 0.717) is 11.3 Å². The van der Waals surface area contributed by atoms with E-state index in [1.165, 1.54) is 11.6 Å². The van der Waals surface area contributed by atoms with E-state index in [2.05, 4.69) is 21.0 Å². The van der Waals surface area contributed by atoms with Crippen LogP contribution < -0.4 is 10.0 Å². The molecular formula is C20H25N3O3S2. The highest BCUT2D eigenvalue weighted by molar-refractivity contribution is 7.99. The molecule has 1 aliphatic rings. The van der Waals surface area contributed by atoms with Gasteiger partial charge in [0.1, 0.15) is 0 Å². The number of carbonyl (C=O) groups excluding carboxylic acids is 1. The molecule has 150 valence electrons. The molecule has 1 heterocycles. The topological polar surface area (TPSA) is 78.5 Å². The number of rotatable bonds is 6. The number of sulfonamides is 1. The minimum absolute atomic E-state index is 0.272. The van der Waals surface area contributed by atoms with Gasteiger partial charge in [-0.2, -0.15) is 11.8 Å². The number of nitrogens with one attached hydrogen (secondary N) is 2. The van der Waals surface area contributed by atoms with Gasteiger partial charge in [-0.15, -0.1) is 0 Å². The van der Waals surface area contributed by atoms with Crippen LogP contribution in [0, 0.1) is 6.92 Å². The monoisotopic (exact) mass is 419 g/mol. The lowest BCUT2D eigenvalue weighted by atomic mass is 10.1. The van der Waals surface area contributed by atoms with Crippen molar-refractivity contribution in [2.24, 2.45) is 0 Å². The minimum atomic E-state index is -3.39. The van der Waals surface area contributed by atoms with Crippen molar-refractivity contribution in [1.29, 1.82) is 0 Å². The van der Waals surface area contributed by atoms with Gasteiger partial charge in [0.15, 0.2) is 0 Å². The molecule has 0 radical (unpaired) electrons. The zero-order valence-corrected chi connectivity index (χ0v) is 17.7. The van der Waals surface area contributed by atoms with E-state index in [-0.39, 0.29) is 5.91 Å². The zero-order chi connectivity index (χ0) is 20.1. The minimum Gasteiger partial charge on any atom is -0.322 e. The van der Waals surface area contributed by atoms with Crippen molar-refractivity contribution < 1.29 is 13.2 Å². The molecule has 0 bridgehead atoms. The Labute approximate surface area is 170 Å². The first-order valence-corrected chi connectivity index (χ1v) is 12.1. The maximum Gasteiger partial charge on any atom is 0.255 e. The average molecular weight is 420 g/mol. The fraction of sp³-hybridized carbons (Fsp3) is 0.350. The first kappa shape index (κ1) is 20.7. The molecule has 0 unspecified atom stereocenters. The first-order valence-electron chi connectivity index (χ1n) is 9.09. The van der Waals surface area contributed by atoms with Gasteiger partial charge in [-0.05, 0) is 42.3 Å². The van der Waals surface area contributed by atoms with Crippen LogP contribution in [0.15, 0.2) is 42.5 Å². The number of amides is 1. The van der Waals surface area contributed by atoms with Gasteiger partial charge in [-0.25, -0.2) is 8.42 Å². The van der Waals surface area contributed by atoms with Crippen molar-refractivity contribution in [3.8, 4) is 0 Å². The number of benzene rings is 2. The van der Waals surface area contributed by atoms with E-state index in [4.69, 9.17) is 0 Å². The van der Waals surface area contributed by atoms with Crippen LogP contribution >= 0.6 is 11.8 Å². The van der Waals surface area contributed by atoms with Crippen LogP contribution in [0.4, 0.5) is 11.4 Å². The van der Waals surface area contributed by atoms with Crippen LogP contribution in [-0.4, -0.2) is 50.1 Å². The Bertz CT molecular complexity index is 955. The van der Waals surface area contributed by atoms with Crippen LogP contribution in [0.5, 0.6) is 0 Å². The zero-order valence-electron chi connectivity index (χ0n) is 16.1. The van der Waals surface area contributed by atoms with Crippen LogP contribution in [0.1, 0.15) is 21.5 Å². The van der Waals surface area contributed by atoms with Gasteiger partial charge >= 0.3 is 0 Å². The molecule has 2 aromatic rings. The molecule has 0 aliphatic carbocycles. The molecule has 1 saturated heterocycles. The normalized spacial score (nSPS) is 15.2. The molecule has 2 N–H and O–H groups in total. The van der Waals surface area contributed by atoms with Gasteiger partial charge in [0.25, 0.3) is 5.91 Å². The van der Waals surface area contributed by atoms with Gasteiger partial charge in [0.05, 0.1) is 6.26 Å². The van der Waals surface area contributed by atoms with E-state index < -0.39 is 10.0 Å². The van der Waals surface area contributed by atoms with E-state index >= 15 is 0 Å². The number of thioether (sulfide) groups is 1. The summed E-state index contributed by atoms with van der Waals surface area (Å²) in [4.78, 5) is 15.1. The molecule has 1 aliphatic heterocycles. The lowest BCUT2D eigenvalue weighted by Gasteiger charge is -2.27. The molecular weight excluding hydrogens is 394 g/mol. The second kappa shape index (κ2) is 8.98. The van der Waals surface area contributed by atoms with Crippen molar-refractivity contribution in [1.82, 2.24) is 4.90 Å². The number of hydrogen-bond donors (Lipinski definition) is 2. The fourth-order valence-electron chi connectivity index (χ4n) is 3.12. The molecule has 0 atom stereocenters. The Morgan fingerprint density at radius 3 is 2.57 bits per heavy atom. The van der Waals surface area contributed by atoms with E-state index in [1.54, 1.807) is 18.2 Å². The molecule has 3 rings (SSSR count). The van der Waals surface area contributed by atoms with Crippen LogP contribution in [0.3, 0.4) is 0 Å². The maximum atomic E-state index is 12.7. The van der Waals surface area contributed by atoms with E-state index in [9.17, 15) is 13.2 Å². The molecule has 0 spiro atoms. The summed E-state index contributed by atoms with van der Waals surface area (Å²) in [5, 5.41) is 2.96. The predicted octanol–water partition coefficient (Wildman–Crippen LogP) is 3.17. The standard InChI is InChI=1S/C20H25N3O3S2/c1-15-17(14-23-9-11-27-12-10-23)6-4-8-19(15)21-20(24)16-5-3-7-18(13-16)22-28(2,25)26/h3-8,13,22H,9-12,14H2,1-2H3,(H,21,24). The van der Waals surface area contributed by atoms with E-state index in [1.807, 2.05) is 30.8 Å². The van der Waals surface area contributed by atoms with Gasteiger partial charge in [0, 0.05) is 48.1 Å². The summed E-state index contributed by atoms with van der Waals surface area (Å²) in [6.45, 7) is 5.07. The highest BCUT2D eigenvalue weighted by atomic mass is 32.2. The Kier molecular flexibility index (Phi) is 6.64. The highest BCUT2D eigenvalue weighted by Gasteiger charge is 2.15. The Balaban J connectivity index is 1.73. The van der Waals surface area contributed by atoms with Crippen molar-refractivity contribution >= 4 is 39.1 Å². The summed E-state index contributed by atoms with van der Waals surface area (Å²) in [6.07, 6.45) is 1.08. The molecule has 2 aromatic carbocycles. The smallest absolute Gasteiger partial charge is 0.255 e. The van der Waals surface area contributed by atoms with Gasteiger partial charge in [-0.3, -0.25) is 14.4 Å². The third-order valence-electron chi connectivity index (χ3n) is 4.62. The number of hydrogen-bond acceptors (Lipinski definition) is 5. The molecule has 1 fully saturated rings.